The van der Waals surface area contributed by atoms with Crippen molar-refractivity contribution in [3.05, 3.63) is 27.7 Å². The van der Waals surface area contributed by atoms with E-state index in [1.807, 2.05) is 13.8 Å². The maximum atomic E-state index is 12.9. The molecule has 0 radical (unpaired) electrons. The van der Waals surface area contributed by atoms with Gasteiger partial charge in [0.15, 0.2) is 0 Å². The summed E-state index contributed by atoms with van der Waals surface area (Å²) in [5.41, 5.74) is -0.279. The molecule has 1 aliphatic rings. The summed E-state index contributed by atoms with van der Waals surface area (Å²) >= 11 is 11.9. The van der Waals surface area contributed by atoms with E-state index in [0.717, 1.165) is 31.6 Å². The van der Waals surface area contributed by atoms with Gasteiger partial charge in [-0.15, -0.1) is 0 Å². The number of sulfonamides is 1. The number of carboxylic acid groups (broad SMARTS) is 1. The summed E-state index contributed by atoms with van der Waals surface area (Å²) in [6.45, 7) is 6.52. The Morgan fingerprint density at radius 1 is 1.29 bits per heavy atom. The Morgan fingerprint density at radius 2 is 1.92 bits per heavy atom. The Labute approximate surface area is 152 Å². The van der Waals surface area contributed by atoms with Crippen molar-refractivity contribution in [2.45, 2.75) is 31.2 Å². The van der Waals surface area contributed by atoms with Crippen molar-refractivity contribution in [1.82, 2.24) is 9.21 Å². The fourth-order valence-corrected chi connectivity index (χ4v) is 5.32. The number of aromatic carboxylic acids is 1. The third-order valence-corrected chi connectivity index (χ3v) is 6.97. The number of benzene rings is 1. The predicted octanol–water partition coefficient (Wildman–Crippen LogP) is 2.80. The highest BCUT2D eigenvalue weighted by Gasteiger charge is 2.36. The largest absolute Gasteiger partial charge is 0.478 e. The first-order valence-electron chi connectivity index (χ1n) is 7.68. The van der Waals surface area contributed by atoms with Gasteiger partial charge in [-0.1, -0.05) is 37.0 Å². The van der Waals surface area contributed by atoms with Crippen LogP contribution >= 0.6 is 23.2 Å². The van der Waals surface area contributed by atoms with Gasteiger partial charge in [0, 0.05) is 19.1 Å². The van der Waals surface area contributed by atoms with E-state index in [9.17, 15) is 13.2 Å². The minimum absolute atomic E-state index is 0.0729. The molecule has 0 spiro atoms. The minimum atomic E-state index is -3.87. The number of rotatable bonds is 6. The molecule has 2 rings (SSSR count). The van der Waals surface area contributed by atoms with Crippen LogP contribution in [0.15, 0.2) is 17.0 Å². The van der Waals surface area contributed by atoms with Crippen LogP contribution in [-0.2, 0) is 10.0 Å². The molecule has 1 aromatic rings. The number of halogens is 2. The zero-order valence-corrected chi connectivity index (χ0v) is 15.8. The van der Waals surface area contributed by atoms with Crippen molar-refractivity contribution in [1.29, 1.82) is 0 Å². The van der Waals surface area contributed by atoms with E-state index in [-0.39, 0.29) is 26.5 Å². The number of carbonyl (C=O) groups is 1. The molecule has 1 aliphatic heterocycles. The van der Waals surface area contributed by atoms with Gasteiger partial charge in [0.25, 0.3) is 0 Å². The molecule has 134 valence electrons. The maximum absolute atomic E-state index is 12.9. The van der Waals surface area contributed by atoms with Gasteiger partial charge in [0.05, 0.1) is 15.6 Å². The van der Waals surface area contributed by atoms with E-state index >= 15 is 0 Å². The number of hydrogen-bond acceptors (Lipinski definition) is 4. The molecule has 1 atom stereocenters. The molecule has 0 amide bonds. The second-order valence-electron chi connectivity index (χ2n) is 5.59. The third-order valence-electron chi connectivity index (χ3n) is 4.32. The second kappa shape index (κ2) is 7.58. The van der Waals surface area contributed by atoms with Crippen LogP contribution in [0.3, 0.4) is 0 Å². The van der Waals surface area contributed by atoms with Gasteiger partial charge in [-0.25, -0.2) is 13.2 Å². The standard InChI is InChI=1S/C15H20Cl2N2O4S/c1-3-18(4-2)10-5-6-19(9-10)24(22,23)14-7-11(15(20)21)12(16)8-13(14)17/h7-8,10H,3-6,9H2,1-2H3,(H,20,21)/t10-/m1/s1. The van der Waals surface area contributed by atoms with E-state index in [1.54, 1.807) is 0 Å². The summed E-state index contributed by atoms with van der Waals surface area (Å²) in [7, 11) is -3.87. The fraction of sp³-hybridized carbons (Fsp3) is 0.533. The minimum Gasteiger partial charge on any atom is -0.478 e. The highest BCUT2D eigenvalue weighted by atomic mass is 35.5. The lowest BCUT2D eigenvalue weighted by Gasteiger charge is -2.26. The van der Waals surface area contributed by atoms with Crippen LogP contribution in [0, 0.1) is 0 Å². The van der Waals surface area contributed by atoms with Gasteiger partial charge < -0.3 is 5.11 Å². The molecule has 0 saturated carbocycles. The number of likely N-dealkylation sites (N-methyl/N-ethyl adjacent to an activating group) is 1. The van der Waals surface area contributed by atoms with Crippen LogP contribution in [0.5, 0.6) is 0 Å². The summed E-state index contributed by atoms with van der Waals surface area (Å²) in [6, 6.07) is 2.35. The molecule has 0 aliphatic carbocycles. The lowest BCUT2D eigenvalue weighted by atomic mass is 10.2. The van der Waals surface area contributed by atoms with E-state index in [4.69, 9.17) is 28.3 Å². The van der Waals surface area contributed by atoms with E-state index in [2.05, 4.69) is 4.90 Å². The quantitative estimate of drug-likeness (QED) is 0.802. The monoisotopic (exact) mass is 394 g/mol. The third kappa shape index (κ3) is 3.70. The highest BCUT2D eigenvalue weighted by Crippen LogP contribution is 2.32. The maximum Gasteiger partial charge on any atom is 0.337 e. The van der Waals surface area contributed by atoms with Crippen LogP contribution in [0.4, 0.5) is 0 Å². The first-order valence-corrected chi connectivity index (χ1v) is 9.88. The van der Waals surface area contributed by atoms with Gasteiger partial charge in [-0.05, 0) is 31.6 Å². The summed E-state index contributed by atoms with van der Waals surface area (Å²) in [4.78, 5) is 13.2. The van der Waals surface area contributed by atoms with E-state index in [1.165, 1.54) is 4.31 Å². The SMILES string of the molecule is CCN(CC)[C@@H]1CCN(S(=O)(=O)c2cc(C(=O)O)c(Cl)cc2Cl)C1. The lowest BCUT2D eigenvalue weighted by Crippen LogP contribution is -2.38. The van der Waals surface area contributed by atoms with Gasteiger partial charge >= 0.3 is 5.97 Å². The van der Waals surface area contributed by atoms with Crippen molar-refractivity contribution < 1.29 is 18.3 Å². The van der Waals surface area contributed by atoms with Gasteiger partial charge in [-0.3, -0.25) is 4.90 Å². The zero-order chi connectivity index (χ0) is 18.1. The van der Waals surface area contributed by atoms with Crippen molar-refractivity contribution in [2.75, 3.05) is 26.2 Å². The van der Waals surface area contributed by atoms with Crippen LogP contribution in [0.1, 0.15) is 30.6 Å². The van der Waals surface area contributed by atoms with Crippen molar-refractivity contribution in [3.63, 3.8) is 0 Å². The first-order chi connectivity index (χ1) is 11.2. The topological polar surface area (TPSA) is 77.9 Å². The van der Waals surface area contributed by atoms with Crippen molar-refractivity contribution in [3.8, 4) is 0 Å². The summed E-state index contributed by atoms with van der Waals surface area (Å²) in [5.74, 6) is -1.30. The molecular weight excluding hydrogens is 375 g/mol. The van der Waals surface area contributed by atoms with Gasteiger partial charge in [0.2, 0.25) is 10.0 Å². The molecule has 6 nitrogen and oxygen atoms in total. The lowest BCUT2D eigenvalue weighted by molar-refractivity contribution is 0.0697. The molecule has 0 aromatic heterocycles. The van der Waals surface area contributed by atoms with Crippen LogP contribution < -0.4 is 0 Å². The molecule has 1 saturated heterocycles. The van der Waals surface area contributed by atoms with Crippen molar-refractivity contribution >= 4 is 39.2 Å². The molecule has 0 bridgehead atoms. The number of carboxylic acids is 1. The Bertz CT molecular complexity index is 735. The highest BCUT2D eigenvalue weighted by molar-refractivity contribution is 7.89. The Balaban J connectivity index is 2.35. The zero-order valence-electron chi connectivity index (χ0n) is 13.5. The molecule has 9 heteroatoms. The summed E-state index contributed by atoms with van der Waals surface area (Å²) in [6.07, 6.45) is 0.734. The number of nitrogens with zero attached hydrogens (tertiary/aromatic N) is 2. The second-order valence-corrected chi connectivity index (χ2v) is 8.32. The molecule has 1 aromatic carbocycles. The molecule has 1 fully saturated rings. The Morgan fingerprint density at radius 3 is 2.46 bits per heavy atom. The van der Waals surface area contributed by atoms with Crippen LogP contribution in [0.2, 0.25) is 10.0 Å². The molecule has 24 heavy (non-hydrogen) atoms. The first kappa shape index (κ1) is 19.5. The average molecular weight is 395 g/mol. The van der Waals surface area contributed by atoms with Gasteiger partial charge in [0.1, 0.15) is 4.90 Å². The molecule has 1 heterocycles. The molecule has 1 N–H and O–H groups in total. The smallest absolute Gasteiger partial charge is 0.337 e. The van der Waals surface area contributed by atoms with Crippen LogP contribution in [-0.4, -0.2) is 60.9 Å². The fourth-order valence-electron chi connectivity index (χ4n) is 3.00. The normalized spacial score (nSPS) is 19.1. The van der Waals surface area contributed by atoms with Gasteiger partial charge in [-0.2, -0.15) is 4.31 Å². The Hall–Kier alpha value is -0.860. The van der Waals surface area contributed by atoms with Crippen LogP contribution in [0.25, 0.3) is 0 Å². The van der Waals surface area contributed by atoms with Crippen molar-refractivity contribution in [2.24, 2.45) is 0 Å². The molecule has 0 unspecified atom stereocenters. The summed E-state index contributed by atoms with van der Waals surface area (Å²) < 4.78 is 27.1. The predicted molar refractivity (Wildman–Crippen MR) is 93.5 cm³/mol. The average Bonchev–Trinajstić information content (AvgIpc) is 2.98. The molecular formula is C15H20Cl2N2O4S. The van der Waals surface area contributed by atoms with E-state index < -0.39 is 16.0 Å². The summed E-state index contributed by atoms with van der Waals surface area (Å²) in [5, 5.41) is 8.99. The Kier molecular flexibility index (Phi) is 6.14. The number of hydrogen-bond donors (Lipinski definition) is 1. The van der Waals surface area contributed by atoms with E-state index in [0.29, 0.717) is 13.1 Å².